The summed E-state index contributed by atoms with van der Waals surface area (Å²) >= 11 is 0. The largest absolute Gasteiger partial charge is 0.508 e. The second kappa shape index (κ2) is 4.34. The number of rotatable bonds is 2. The zero-order valence-corrected chi connectivity index (χ0v) is 11.2. The Hall–Kier alpha value is -1.02. The molecule has 0 aromatic heterocycles. The van der Waals surface area contributed by atoms with Gasteiger partial charge in [0.2, 0.25) is 0 Å². The third-order valence-electron chi connectivity index (χ3n) is 3.72. The van der Waals surface area contributed by atoms with Gasteiger partial charge in [-0.1, -0.05) is 32.9 Å². The van der Waals surface area contributed by atoms with Crippen LogP contribution in [0.3, 0.4) is 0 Å². The van der Waals surface area contributed by atoms with E-state index in [9.17, 15) is 5.11 Å². The van der Waals surface area contributed by atoms with E-state index in [1.165, 1.54) is 0 Å². The van der Waals surface area contributed by atoms with Crippen molar-refractivity contribution in [3.63, 3.8) is 0 Å². The fourth-order valence-electron chi connectivity index (χ4n) is 2.73. The Morgan fingerprint density at radius 2 is 2.12 bits per heavy atom. The van der Waals surface area contributed by atoms with Crippen LogP contribution < -0.4 is 0 Å². The maximum Gasteiger partial charge on any atom is 0.121 e. The van der Waals surface area contributed by atoms with Crippen LogP contribution in [0.25, 0.3) is 0 Å². The van der Waals surface area contributed by atoms with E-state index in [-0.39, 0.29) is 11.5 Å². The summed E-state index contributed by atoms with van der Waals surface area (Å²) in [6.07, 6.45) is 2.41. The predicted octanol–water partition coefficient (Wildman–Crippen LogP) is 3.97. The first-order valence-electron chi connectivity index (χ1n) is 6.39. The number of hydrogen-bond donors (Lipinski definition) is 1. The number of aromatic hydroxyl groups is 1. The molecule has 1 aliphatic heterocycles. The van der Waals surface area contributed by atoms with E-state index in [0.29, 0.717) is 11.9 Å². The number of aryl methyl sites for hydroxylation is 1. The fourth-order valence-corrected chi connectivity index (χ4v) is 2.73. The molecule has 94 valence electrons. The molecule has 0 aliphatic carbocycles. The first kappa shape index (κ1) is 12.4. The Kier molecular flexibility index (Phi) is 3.17. The van der Waals surface area contributed by atoms with Crippen molar-refractivity contribution in [2.45, 2.75) is 52.7 Å². The summed E-state index contributed by atoms with van der Waals surface area (Å²) in [5.74, 6) is 0.361. The average molecular weight is 234 g/mol. The minimum atomic E-state index is 0.00745. The van der Waals surface area contributed by atoms with Crippen LogP contribution >= 0.6 is 0 Å². The summed E-state index contributed by atoms with van der Waals surface area (Å²) < 4.78 is 6.07. The Morgan fingerprint density at radius 1 is 1.41 bits per heavy atom. The molecule has 1 N–H and O–H groups in total. The molecule has 0 unspecified atom stereocenters. The van der Waals surface area contributed by atoms with Gasteiger partial charge in [-0.05, 0) is 36.8 Å². The standard InChI is InChI=1S/C15H22O2/c1-5-11-9-15(3,4)14(17-11)12-7-6-10(2)8-13(12)16/h6-8,11,14,16H,5,9H2,1-4H3/t11-,14+/m1/s1. The van der Waals surface area contributed by atoms with Crippen LogP contribution in [0.4, 0.5) is 0 Å². The highest BCUT2D eigenvalue weighted by atomic mass is 16.5. The number of ether oxygens (including phenoxy) is 1. The van der Waals surface area contributed by atoms with Crippen LogP contribution in [0, 0.1) is 12.3 Å². The van der Waals surface area contributed by atoms with Gasteiger partial charge in [-0.15, -0.1) is 0 Å². The van der Waals surface area contributed by atoms with Gasteiger partial charge in [-0.3, -0.25) is 0 Å². The van der Waals surface area contributed by atoms with Crippen molar-refractivity contribution in [3.05, 3.63) is 29.3 Å². The molecular weight excluding hydrogens is 212 g/mol. The maximum absolute atomic E-state index is 10.1. The van der Waals surface area contributed by atoms with Crippen LogP contribution in [-0.4, -0.2) is 11.2 Å². The van der Waals surface area contributed by atoms with Crippen molar-refractivity contribution >= 4 is 0 Å². The third-order valence-corrected chi connectivity index (χ3v) is 3.72. The van der Waals surface area contributed by atoms with Crippen molar-refractivity contribution in [2.24, 2.45) is 5.41 Å². The van der Waals surface area contributed by atoms with E-state index in [2.05, 4.69) is 20.8 Å². The van der Waals surface area contributed by atoms with Crippen molar-refractivity contribution in [3.8, 4) is 5.75 Å². The van der Waals surface area contributed by atoms with Gasteiger partial charge in [-0.2, -0.15) is 0 Å². The molecule has 17 heavy (non-hydrogen) atoms. The van der Waals surface area contributed by atoms with Crippen LogP contribution in [0.15, 0.2) is 18.2 Å². The van der Waals surface area contributed by atoms with Crippen molar-refractivity contribution in [2.75, 3.05) is 0 Å². The number of benzene rings is 1. The van der Waals surface area contributed by atoms with E-state index in [1.807, 2.05) is 25.1 Å². The van der Waals surface area contributed by atoms with E-state index < -0.39 is 0 Å². The number of phenols is 1. The third kappa shape index (κ3) is 2.32. The zero-order chi connectivity index (χ0) is 12.6. The van der Waals surface area contributed by atoms with Gasteiger partial charge in [-0.25, -0.2) is 0 Å². The Morgan fingerprint density at radius 3 is 2.65 bits per heavy atom. The minimum Gasteiger partial charge on any atom is -0.508 e. The summed E-state index contributed by atoms with van der Waals surface area (Å²) in [7, 11) is 0. The van der Waals surface area contributed by atoms with Gasteiger partial charge >= 0.3 is 0 Å². The SMILES string of the molecule is CC[C@@H]1CC(C)(C)[C@H](c2ccc(C)cc2O)O1. The van der Waals surface area contributed by atoms with Crippen molar-refractivity contribution in [1.82, 2.24) is 0 Å². The summed E-state index contributed by atoms with van der Waals surface area (Å²) in [5.41, 5.74) is 2.10. The van der Waals surface area contributed by atoms with E-state index in [1.54, 1.807) is 0 Å². The molecule has 0 bridgehead atoms. The lowest BCUT2D eigenvalue weighted by Crippen LogP contribution is -2.16. The summed E-state index contributed by atoms with van der Waals surface area (Å²) in [5, 5.41) is 10.1. The topological polar surface area (TPSA) is 29.5 Å². The monoisotopic (exact) mass is 234 g/mol. The second-order valence-electron chi connectivity index (χ2n) is 5.80. The number of phenolic OH excluding ortho intramolecular Hbond substituents is 1. The van der Waals surface area contributed by atoms with Gasteiger partial charge in [0.05, 0.1) is 12.2 Å². The quantitative estimate of drug-likeness (QED) is 0.839. The van der Waals surface area contributed by atoms with Gasteiger partial charge in [0.15, 0.2) is 0 Å². The van der Waals surface area contributed by atoms with Crippen LogP contribution in [0.1, 0.15) is 50.8 Å². The van der Waals surface area contributed by atoms with Crippen molar-refractivity contribution < 1.29 is 9.84 Å². The predicted molar refractivity (Wildman–Crippen MR) is 69.1 cm³/mol. The van der Waals surface area contributed by atoms with Crippen LogP contribution in [0.5, 0.6) is 5.75 Å². The van der Waals surface area contributed by atoms with Gasteiger partial charge in [0, 0.05) is 5.56 Å². The van der Waals surface area contributed by atoms with Gasteiger partial charge in [0.1, 0.15) is 5.75 Å². The molecule has 1 heterocycles. The molecule has 0 saturated carbocycles. The molecule has 2 rings (SSSR count). The van der Waals surface area contributed by atoms with Gasteiger partial charge in [0.25, 0.3) is 0 Å². The summed E-state index contributed by atoms with van der Waals surface area (Å²) in [6, 6.07) is 5.84. The highest BCUT2D eigenvalue weighted by Gasteiger charge is 2.42. The summed E-state index contributed by atoms with van der Waals surface area (Å²) in [4.78, 5) is 0. The molecule has 0 amide bonds. The lowest BCUT2D eigenvalue weighted by Gasteiger charge is -2.26. The normalized spacial score (nSPS) is 27.3. The van der Waals surface area contributed by atoms with Gasteiger partial charge < -0.3 is 9.84 Å². The molecule has 1 aromatic carbocycles. The highest BCUT2D eigenvalue weighted by Crippen LogP contribution is 2.50. The molecule has 1 saturated heterocycles. The first-order chi connectivity index (χ1) is 7.94. The van der Waals surface area contributed by atoms with E-state index in [0.717, 1.165) is 24.0 Å². The molecule has 2 heteroatoms. The Balaban J connectivity index is 2.33. The first-order valence-corrected chi connectivity index (χ1v) is 6.39. The zero-order valence-electron chi connectivity index (χ0n) is 11.2. The maximum atomic E-state index is 10.1. The lowest BCUT2D eigenvalue weighted by molar-refractivity contribution is 0.0158. The fraction of sp³-hybridized carbons (Fsp3) is 0.600. The molecule has 0 spiro atoms. The van der Waals surface area contributed by atoms with Crippen molar-refractivity contribution in [1.29, 1.82) is 0 Å². The molecule has 0 radical (unpaired) electrons. The molecule has 1 aliphatic rings. The smallest absolute Gasteiger partial charge is 0.121 e. The molecule has 2 atom stereocenters. The molecule has 1 aromatic rings. The van der Waals surface area contributed by atoms with E-state index in [4.69, 9.17) is 4.74 Å². The van der Waals surface area contributed by atoms with Crippen LogP contribution in [-0.2, 0) is 4.74 Å². The second-order valence-corrected chi connectivity index (χ2v) is 5.80. The summed E-state index contributed by atoms with van der Waals surface area (Å²) in [6.45, 7) is 8.57. The Bertz CT molecular complexity index is 409. The number of hydrogen-bond acceptors (Lipinski definition) is 2. The molecule has 2 nitrogen and oxygen atoms in total. The molecule has 1 fully saturated rings. The van der Waals surface area contributed by atoms with Crippen LogP contribution in [0.2, 0.25) is 0 Å². The highest BCUT2D eigenvalue weighted by molar-refractivity contribution is 5.38. The minimum absolute atomic E-state index is 0.00745. The molecular formula is C15H22O2. The average Bonchev–Trinajstić information content (AvgIpc) is 2.54. The Labute approximate surface area is 104 Å². The lowest BCUT2D eigenvalue weighted by atomic mass is 9.80. The van der Waals surface area contributed by atoms with E-state index >= 15 is 0 Å².